The van der Waals surface area contributed by atoms with Crippen LogP contribution in [0.25, 0.3) is 0 Å². The summed E-state index contributed by atoms with van der Waals surface area (Å²) in [5, 5.41) is 22.7. The quantitative estimate of drug-likeness (QED) is 0.527. The Morgan fingerprint density at radius 3 is 2.04 bits per heavy atom. The van der Waals surface area contributed by atoms with Gasteiger partial charge in [0.2, 0.25) is 12.5 Å². The van der Waals surface area contributed by atoms with E-state index in [9.17, 15) is 20.0 Å². The molecular weight excluding hydrogens is 320 g/mol. The summed E-state index contributed by atoms with van der Waals surface area (Å²) in [6, 6.07) is 16.2. The van der Waals surface area contributed by atoms with Crippen molar-refractivity contribution in [2.75, 3.05) is 0 Å². The van der Waals surface area contributed by atoms with Gasteiger partial charge in [-0.05, 0) is 11.1 Å². The molecule has 25 heavy (non-hydrogen) atoms. The van der Waals surface area contributed by atoms with E-state index in [-0.39, 0.29) is 4.92 Å². The molecule has 0 aromatic heterocycles. The van der Waals surface area contributed by atoms with Gasteiger partial charge in [0.15, 0.2) is 0 Å². The van der Waals surface area contributed by atoms with Crippen LogP contribution >= 0.6 is 0 Å². The molecular formula is C19H20N2O4. The third-order valence-electron chi connectivity index (χ3n) is 5.05. The van der Waals surface area contributed by atoms with E-state index in [0.717, 1.165) is 5.56 Å². The number of carbonyl (C=O) groups is 1. The molecule has 2 aromatic rings. The number of nitro groups is 1. The minimum Gasteiger partial charge on any atom is -0.373 e. The second kappa shape index (κ2) is 7.03. The molecule has 6 heteroatoms. The standard InChI is InChI=1S/C19H20N2O4/c1-13-16(14-8-4-2-5-9-14)18(21(24)25)17(20(12-22)19(13)23)15-10-6-3-7-11-15/h2-13,16-19,23H,1H3/t13-,16+,17-,18+,19+/m1/s1. The largest absolute Gasteiger partial charge is 0.373 e. The minimum atomic E-state index is -1.09. The van der Waals surface area contributed by atoms with E-state index in [1.807, 2.05) is 36.4 Å². The van der Waals surface area contributed by atoms with Crippen LogP contribution in [-0.4, -0.2) is 33.6 Å². The van der Waals surface area contributed by atoms with E-state index in [0.29, 0.717) is 12.0 Å². The summed E-state index contributed by atoms with van der Waals surface area (Å²) in [5.41, 5.74) is 1.44. The van der Waals surface area contributed by atoms with Crippen LogP contribution in [0.4, 0.5) is 0 Å². The van der Waals surface area contributed by atoms with Crippen LogP contribution in [0.1, 0.15) is 30.0 Å². The SMILES string of the molecule is C[C@@H]1[C@@H](c2ccccc2)[C@H]([N+](=O)[O-])[C@@H](c2ccccc2)N(C=O)[C@H]1O. The van der Waals surface area contributed by atoms with Crippen molar-refractivity contribution >= 4 is 6.41 Å². The summed E-state index contributed by atoms with van der Waals surface area (Å²) in [6.45, 7) is 1.75. The summed E-state index contributed by atoms with van der Waals surface area (Å²) in [6.07, 6.45) is -0.583. The van der Waals surface area contributed by atoms with Gasteiger partial charge in [-0.25, -0.2) is 0 Å². The summed E-state index contributed by atoms with van der Waals surface area (Å²) in [4.78, 5) is 24.5. The first-order valence-corrected chi connectivity index (χ1v) is 8.20. The Morgan fingerprint density at radius 1 is 1.04 bits per heavy atom. The fourth-order valence-corrected chi connectivity index (χ4v) is 3.88. The predicted molar refractivity (Wildman–Crippen MR) is 92.2 cm³/mol. The first-order valence-electron chi connectivity index (χ1n) is 8.20. The molecule has 1 aliphatic rings. The minimum absolute atomic E-state index is 0.325. The maximum Gasteiger partial charge on any atom is 0.244 e. The number of benzene rings is 2. The second-order valence-electron chi connectivity index (χ2n) is 6.39. The lowest BCUT2D eigenvalue weighted by molar-refractivity contribution is -0.543. The Hall–Kier alpha value is -2.73. The highest BCUT2D eigenvalue weighted by Crippen LogP contribution is 2.45. The maximum atomic E-state index is 12.0. The van der Waals surface area contributed by atoms with Gasteiger partial charge in [-0.3, -0.25) is 14.9 Å². The Labute approximate surface area is 145 Å². The number of aliphatic hydroxyl groups is 1. The molecule has 1 heterocycles. The number of carbonyl (C=O) groups excluding carboxylic acids is 1. The molecule has 0 radical (unpaired) electrons. The molecule has 6 nitrogen and oxygen atoms in total. The van der Waals surface area contributed by atoms with Gasteiger partial charge < -0.3 is 10.0 Å². The number of rotatable bonds is 4. The summed E-state index contributed by atoms with van der Waals surface area (Å²) in [5.74, 6) is -0.976. The number of likely N-dealkylation sites (tertiary alicyclic amines) is 1. The molecule has 3 rings (SSSR count). The topological polar surface area (TPSA) is 83.7 Å². The van der Waals surface area contributed by atoms with Crippen molar-refractivity contribution < 1.29 is 14.8 Å². The average molecular weight is 340 g/mol. The fourth-order valence-electron chi connectivity index (χ4n) is 3.88. The van der Waals surface area contributed by atoms with Crippen molar-refractivity contribution in [2.45, 2.75) is 31.2 Å². The highest BCUT2D eigenvalue weighted by Gasteiger charge is 2.54. The first kappa shape index (κ1) is 17.1. The van der Waals surface area contributed by atoms with Crippen molar-refractivity contribution in [3.05, 3.63) is 81.9 Å². The van der Waals surface area contributed by atoms with E-state index in [4.69, 9.17) is 0 Å². The van der Waals surface area contributed by atoms with Gasteiger partial charge in [-0.1, -0.05) is 67.6 Å². The molecule has 130 valence electrons. The van der Waals surface area contributed by atoms with Crippen LogP contribution in [0.15, 0.2) is 60.7 Å². The molecule has 5 atom stereocenters. The number of piperidine rings is 1. The van der Waals surface area contributed by atoms with Crippen LogP contribution in [0.2, 0.25) is 0 Å². The zero-order valence-electron chi connectivity index (χ0n) is 13.8. The second-order valence-corrected chi connectivity index (χ2v) is 6.39. The highest BCUT2D eigenvalue weighted by molar-refractivity contribution is 5.51. The van der Waals surface area contributed by atoms with Gasteiger partial charge in [0.05, 0.1) is 5.92 Å². The number of amides is 1. The zero-order chi connectivity index (χ0) is 18.0. The highest BCUT2D eigenvalue weighted by atomic mass is 16.6. The van der Waals surface area contributed by atoms with Gasteiger partial charge in [0, 0.05) is 10.8 Å². The number of hydrogen-bond donors (Lipinski definition) is 1. The third kappa shape index (κ3) is 3.00. The van der Waals surface area contributed by atoms with Gasteiger partial charge in [-0.2, -0.15) is 0 Å². The number of aliphatic hydroxyl groups excluding tert-OH is 1. The van der Waals surface area contributed by atoms with E-state index >= 15 is 0 Å². The predicted octanol–water partition coefficient (Wildman–Crippen LogP) is 2.58. The van der Waals surface area contributed by atoms with Crippen LogP contribution < -0.4 is 0 Å². The molecule has 1 amide bonds. The molecule has 1 saturated heterocycles. The molecule has 0 bridgehead atoms. The summed E-state index contributed by atoms with van der Waals surface area (Å²) in [7, 11) is 0. The lowest BCUT2D eigenvalue weighted by Crippen LogP contribution is -2.57. The Kier molecular flexibility index (Phi) is 4.81. The van der Waals surface area contributed by atoms with E-state index in [2.05, 4.69) is 0 Å². The van der Waals surface area contributed by atoms with Crippen molar-refractivity contribution in [3.8, 4) is 0 Å². The molecule has 2 aromatic carbocycles. The van der Waals surface area contributed by atoms with Crippen LogP contribution in [0.5, 0.6) is 0 Å². The molecule has 0 unspecified atom stereocenters. The van der Waals surface area contributed by atoms with Crippen LogP contribution in [0.3, 0.4) is 0 Å². The van der Waals surface area contributed by atoms with Crippen LogP contribution in [0, 0.1) is 16.0 Å². The van der Waals surface area contributed by atoms with Crippen molar-refractivity contribution in [1.29, 1.82) is 0 Å². The summed E-state index contributed by atoms with van der Waals surface area (Å²) >= 11 is 0. The Morgan fingerprint density at radius 2 is 1.56 bits per heavy atom. The Balaban J connectivity index is 2.16. The molecule has 1 N–H and O–H groups in total. The molecule has 1 aliphatic heterocycles. The van der Waals surface area contributed by atoms with Gasteiger partial charge in [-0.15, -0.1) is 0 Å². The molecule has 0 saturated carbocycles. The number of hydrogen-bond acceptors (Lipinski definition) is 4. The van der Waals surface area contributed by atoms with Gasteiger partial charge >= 0.3 is 0 Å². The van der Waals surface area contributed by atoms with Gasteiger partial charge in [0.25, 0.3) is 0 Å². The normalized spacial score (nSPS) is 29.2. The summed E-state index contributed by atoms with van der Waals surface area (Å²) < 4.78 is 0. The molecule has 1 fully saturated rings. The van der Waals surface area contributed by atoms with Crippen LogP contribution in [-0.2, 0) is 4.79 Å². The smallest absolute Gasteiger partial charge is 0.244 e. The molecule has 0 aliphatic carbocycles. The number of nitrogens with zero attached hydrogens (tertiary/aromatic N) is 2. The maximum absolute atomic E-state index is 12.0. The van der Waals surface area contributed by atoms with Crippen molar-refractivity contribution in [1.82, 2.24) is 4.90 Å². The average Bonchev–Trinajstić information content (AvgIpc) is 2.64. The fraction of sp³-hybridized carbons (Fsp3) is 0.316. The lowest BCUT2D eigenvalue weighted by atomic mass is 9.72. The van der Waals surface area contributed by atoms with E-state index in [1.54, 1.807) is 31.2 Å². The van der Waals surface area contributed by atoms with Crippen molar-refractivity contribution in [3.63, 3.8) is 0 Å². The first-order chi connectivity index (χ1) is 12.1. The zero-order valence-corrected chi connectivity index (χ0v) is 13.8. The molecule has 0 spiro atoms. The monoisotopic (exact) mass is 340 g/mol. The van der Waals surface area contributed by atoms with Crippen molar-refractivity contribution in [2.24, 2.45) is 5.92 Å². The third-order valence-corrected chi connectivity index (χ3v) is 5.05. The van der Waals surface area contributed by atoms with E-state index < -0.39 is 30.1 Å². The Bertz CT molecular complexity index is 738. The lowest BCUT2D eigenvalue weighted by Gasteiger charge is -2.46. The van der Waals surface area contributed by atoms with E-state index in [1.165, 1.54) is 4.90 Å². The van der Waals surface area contributed by atoms with Gasteiger partial charge in [0.1, 0.15) is 12.3 Å².